The number of thiazole rings is 1. The van der Waals surface area contributed by atoms with Gasteiger partial charge < -0.3 is 9.30 Å². The van der Waals surface area contributed by atoms with E-state index in [0.29, 0.717) is 24.0 Å². The third-order valence-corrected chi connectivity index (χ3v) is 6.06. The van der Waals surface area contributed by atoms with Crippen molar-refractivity contribution in [1.29, 1.82) is 0 Å². The Kier molecular flexibility index (Phi) is 5.32. The van der Waals surface area contributed by atoms with Gasteiger partial charge in [0.1, 0.15) is 5.56 Å². The smallest absolute Gasteiger partial charge is 0.285 e. The van der Waals surface area contributed by atoms with Crippen molar-refractivity contribution in [2.45, 2.75) is 59.4 Å². The fourth-order valence-electron chi connectivity index (χ4n) is 2.99. The monoisotopic (exact) mass is 373 g/mol. The summed E-state index contributed by atoms with van der Waals surface area (Å²) in [6.07, 6.45) is 4.15. The molecule has 0 atom stereocenters. The SMILES string of the molecule is CCOc1ncccc1C(=O)/N=c1\sc(C(C)(C)C)c(C)n1CC1CC1. The lowest BCUT2D eigenvalue weighted by atomic mass is 9.93. The molecule has 1 fully saturated rings. The van der Waals surface area contributed by atoms with Crippen LogP contribution in [0.1, 0.15) is 61.5 Å². The van der Waals surface area contributed by atoms with Crippen LogP contribution in [0, 0.1) is 12.8 Å². The van der Waals surface area contributed by atoms with Crippen molar-refractivity contribution < 1.29 is 9.53 Å². The average molecular weight is 374 g/mol. The average Bonchev–Trinajstić information content (AvgIpc) is 3.34. The molecule has 0 unspecified atom stereocenters. The van der Waals surface area contributed by atoms with E-state index in [9.17, 15) is 4.79 Å². The third kappa shape index (κ3) is 4.06. The summed E-state index contributed by atoms with van der Waals surface area (Å²) in [5.74, 6) is 0.761. The number of carbonyl (C=O) groups is 1. The molecule has 0 aromatic carbocycles. The molecule has 1 saturated carbocycles. The summed E-state index contributed by atoms with van der Waals surface area (Å²) in [5.41, 5.74) is 1.66. The summed E-state index contributed by atoms with van der Waals surface area (Å²) in [5, 5.41) is 0. The van der Waals surface area contributed by atoms with Gasteiger partial charge in [-0.1, -0.05) is 20.8 Å². The number of rotatable bonds is 5. The van der Waals surface area contributed by atoms with E-state index in [1.54, 1.807) is 29.7 Å². The Morgan fingerprint density at radius 1 is 1.42 bits per heavy atom. The number of amides is 1. The van der Waals surface area contributed by atoms with Crippen LogP contribution in [0.4, 0.5) is 0 Å². The summed E-state index contributed by atoms with van der Waals surface area (Å²) in [6.45, 7) is 12.0. The van der Waals surface area contributed by atoms with Crippen LogP contribution in [0.5, 0.6) is 5.88 Å². The van der Waals surface area contributed by atoms with Gasteiger partial charge in [0.15, 0.2) is 4.80 Å². The molecule has 0 bridgehead atoms. The lowest BCUT2D eigenvalue weighted by Crippen LogP contribution is -2.20. The van der Waals surface area contributed by atoms with Gasteiger partial charge in [0.25, 0.3) is 5.91 Å². The number of hydrogen-bond acceptors (Lipinski definition) is 4. The van der Waals surface area contributed by atoms with Crippen molar-refractivity contribution in [3.8, 4) is 5.88 Å². The lowest BCUT2D eigenvalue weighted by molar-refractivity contribution is 0.0993. The van der Waals surface area contributed by atoms with Gasteiger partial charge in [0.05, 0.1) is 6.61 Å². The van der Waals surface area contributed by atoms with Gasteiger partial charge in [0.2, 0.25) is 5.88 Å². The Labute approximate surface area is 158 Å². The van der Waals surface area contributed by atoms with Crippen LogP contribution in [-0.4, -0.2) is 22.1 Å². The molecule has 2 aromatic rings. The molecule has 3 rings (SSSR count). The van der Waals surface area contributed by atoms with Crippen LogP contribution in [0.3, 0.4) is 0 Å². The number of nitrogens with zero attached hydrogens (tertiary/aromatic N) is 3. The molecule has 1 aliphatic rings. The van der Waals surface area contributed by atoms with Crippen LogP contribution in [-0.2, 0) is 12.0 Å². The Balaban J connectivity index is 2.06. The topological polar surface area (TPSA) is 56.5 Å². The van der Waals surface area contributed by atoms with Gasteiger partial charge in [-0.25, -0.2) is 4.98 Å². The number of carbonyl (C=O) groups excluding carboxylic acids is 1. The molecule has 0 radical (unpaired) electrons. The summed E-state index contributed by atoms with van der Waals surface area (Å²) in [4.78, 5) is 23.5. The molecule has 5 nitrogen and oxygen atoms in total. The second-order valence-corrected chi connectivity index (χ2v) is 8.79. The summed E-state index contributed by atoms with van der Waals surface area (Å²) in [6, 6.07) is 3.46. The third-order valence-electron chi connectivity index (χ3n) is 4.46. The van der Waals surface area contributed by atoms with E-state index in [-0.39, 0.29) is 11.3 Å². The number of hydrogen-bond donors (Lipinski definition) is 0. The largest absolute Gasteiger partial charge is 0.477 e. The molecule has 140 valence electrons. The Hall–Kier alpha value is -1.95. The van der Waals surface area contributed by atoms with Gasteiger partial charge >= 0.3 is 0 Å². The first kappa shape index (κ1) is 18.8. The normalized spacial score (nSPS) is 15.3. The Morgan fingerprint density at radius 3 is 2.77 bits per heavy atom. The van der Waals surface area contributed by atoms with Gasteiger partial charge in [-0.05, 0) is 50.2 Å². The first-order chi connectivity index (χ1) is 12.3. The molecule has 0 saturated heterocycles. The summed E-state index contributed by atoms with van der Waals surface area (Å²) < 4.78 is 7.71. The van der Waals surface area contributed by atoms with E-state index in [0.717, 1.165) is 11.3 Å². The molecule has 2 heterocycles. The van der Waals surface area contributed by atoms with Crippen LogP contribution >= 0.6 is 11.3 Å². The van der Waals surface area contributed by atoms with Crippen LogP contribution in [0.15, 0.2) is 23.3 Å². The maximum atomic E-state index is 12.8. The zero-order chi connectivity index (χ0) is 18.9. The van der Waals surface area contributed by atoms with Crippen molar-refractivity contribution in [2.75, 3.05) is 6.61 Å². The highest BCUT2D eigenvalue weighted by Crippen LogP contribution is 2.33. The fraction of sp³-hybridized carbons (Fsp3) is 0.550. The second kappa shape index (κ2) is 7.35. The molecule has 2 aromatic heterocycles. The standard InChI is InChI=1S/C20H27N3O2S/c1-6-25-18-15(8-7-11-21-18)17(24)22-19-23(12-14-9-10-14)13(2)16(26-19)20(3,4)5/h7-8,11,14H,6,9-10,12H2,1-5H3/b22-19-. The van der Waals surface area contributed by atoms with Crippen LogP contribution in [0.25, 0.3) is 0 Å². The molecule has 1 amide bonds. The first-order valence-electron chi connectivity index (χ1n) is 9.18. The molecule has 26 heavy (non-hydrogen) atoms. The molecule has 0 spiro atoms. The highest BCUT2D eigenvalue weighted by atomic mass is 32.1. The molecule has 0 aliphatic heterocycles. The molecular formula is C20H27N3O2S. The highest BCUT2D eigenvalue weighted by molar-refractivity contribution is 7.09. The minimum Gasteiger partial charge on any atom is -0.477 e. The second-order valence-electron chi connectivity index (χ2n) is 7.81. The van der Waals surface area contributed by atoms with Crippen molar-refractivity contribution in [2.24, 2.45) is 10.9 Å². The molecule has 0 N–H and O–H groups in total. The van der Waals surface area contributed by atoms with Crippen molar-refractivity contribution in [3.63, 3.8) is 0 Å². The van der Waals surface area contributed by atoms with Crippen molar-refractivity contribution in [3.05, 3.63) is 39.3 Å². The Morgan fingerprint density at radius 2 is 2.15 bits per heavy atom. The maximum Gasteiger partial charge on any atom is 0.285 e. The number of aromatic nitrogens is 2. The van der Waals surface area contributed by atoms with E-state index < -0.39 is 0 Å². The van der Waals surface area contributed by atoms with Crippen molar-refractivity contribution in [1.82, 2.24) is 9.55 Å². The van der Waals surface area contributed by atoms with E-state index in [2.05, 4.69) is 42.2 Å². The maximum absolute atomic E-state index is 12.8. The molecule has 6 heteroatoms. The number of ether oxygens (including phenoxy) is 1. The zero-order valence-corrected chi connectivity index (χ0v) is 17.0. The van der Waals surface area contributed by atoms with Crippen LogP contribution < -0.4 is 9.54 Å². The van der Waals surface area contributed by atoms with E-state index in [1.165, 1.54) is 23.4 Å². The fourth-order valence-corrected chi connectivity index (χ4v) is 4.19. The van der Waals surface area contributed by atoms with Crippen molar-refractivity contribution >= 4 is 17.2 Å². The van der Waals surface area contributed by atoms with E-state index >= 15 is 0 Å². The van der Waals surface area contributed by atoms with E-state index in [4.69, 9.17) is 4.74 Å². The lowest BCUT2D eigenvalue weighted by Gasteiger charge is -2.17. The number of pyridine rings is 1. The van der Waals surface area contributed by atoms with Gasteiger partial charge in [0, 0.05) is 23.3 Å². The Bertz CT molecular complexity index is 870. The van der Waals surface area contributed by atoms with Gasteiger partial charge in [-0.2, -0.15) is 4.99 Å². The highest BCUT2D eigenvalue weighted by Gasteiger charge is 2.27. The minimum absolute atomic E-state index is 0.0294. The van der Waals surface area contributed by atoms with E-state index in [1.807, 2.05) is 6.92 Å². The summed E-state index contributed by atoms with van der Waals surface area (Å²) >= 11 is 1.62. The zero-order valence-electron chi connectivity index (χ0n) is 16.2. The summed E-state index contributed by atoms with van der Waals surface area (Å²) in [7, 11) is 0. The minimum atomic E-state index is -0.298. The van der Waals surface area contributed by atoms with Gasteiger partial charge in [-0.15, -0.1) is 11.3 Å². The van der Waals surface area contributed by atoms with Crippen LogP contribution in [0.2, 0.25) is 0 Å². The van der Waals surface area contributed by atoms with Gasteiger partial charge in [-0.3, -0.25) is 4.79 Å². The quantitative estimate of drug-likeness (QED) is 0.793. The predicted molar refractivity (Wildman–Crippen MR) is 104 cm³/mol. The molecule has 1 aliphatic carbocycles. The predicted octanol–water partition coefficient (Wildman–Crippen LogP) is 4.10. The first-order valence-corrected chi connectivity index (χ1v) is 10.0. The molecular weight excluding hydrogens is 346 g/mol.